The van der Waals surface area contributed by atoms with Crippen LogP contribution in [0.4, 0.5) is 23.4 Å². The molecule has 0 bridgehead atoms. The molecular weight excluding hydrogens is 324 g/mol. The number of nitrogens with one attached hydrogen (secondary N) is 1. The van der Waals surface area contributed by atoms with Crippen LogP contribution >= 0.6 is 11.6 Å². The second-order valence-electron chi connectivity index (χ2n) is 4.47. The minimum absolute atomic E-state index is 0.0231. The summed E-state index contributed by atoms with van der Waals surface area (Å²) in [5.41, 5.74) is -0.907. The van der Waals surface area contributed by atoms with Gasteiger partial charge in [-0.25, -0.2) is 9.37 Å². The van der Waals surface area contributed by atoms with Crippen LogP contribution in [0.5, 0.6) is 0 Å². The minimum Gasteiger partial charge on any atom is -0.386 e. The number of hydrogen-bond donors (Lipinski definition) is 2. The van der Waals surface area contributed by atoms with E-state index in [1.54, 1.807) is 6.07 Å². The highest BCUT2D eigenvalue weighted by Crippen LogP contribution is 2.32. The van der Waals surface area contributed by atoms with E-state index < -0.39 is 23.7 Å². The molecule has 2 N–H and O–H groups in total. The normalized spacial score (nSPS) is 13.0. The van der Waals surface area contributed by atoms with Crippen molar-refractivity contribution in [1.82, 2.24) is 4.98 Å². The molecule has 0 aliphatic heterocycles. The van der Waals surface area contributed by atoms with Gasteiger partial charge in [0, 0.05) is 18.3 Å². The fourth-order valence-corrected chi connectivity index (χ4v) is 2.00. The summed E-state index contributed by atoms with van der Waals surface area (Å²) in [5.74, 6) is -0.603. The van der Waals surface area contributed by atoms with Crippen LogP contribution in [0, 0.1) is 5.82 Å². The van der Waals surface area contributed by atoms with Gasteiger partial charge >= 0.3 is 6.18 Å². The van der Waals surface area contributed by atoms with Crippen molar-refractivity contribution in [2.24, 2.45) is 0 Å². The number of nitrogens with zero attached hydrogens (tertiary/aromatic N) is 1. The Labute approximate surface area is 128 Å². The van der Waals surface area contributed by atoms with Crippen LogP contribution in [-0.4, -0.2) is 16.6 Å². The van der Waals surface area contributed by atoms with Crippen molar-refractivity contribution in [1.29, 1.82) is 0 Å². The molecule has 0 unspecified atom stereocenters. The smallest absolute Gasteiger partial charge is 0.386 e. The Morgan fingerprint density at radius 2 is 1.95 bits per heavy atom. The van der Waals surface area contributed by atoms with Crippen LogP contribution in [0.15, 0.2) is 36.5 Å². The number of aromatic nitrogens is 1. The molecule has 1 aromatic heterocycles. The average Bonchev–Trinajstić information content (AvgIpc) is 2.45. The molecule has 1 heterocycles. The van der Waals surface area contributed by atoms with Gasteiger partial charge in [0.1, 0.15) is 11.6 Å². The number of pyridine rings is 1. The first-order chi connectivity index (χ1) is 10.3. The van der Waals surface area contributed by atoms with Crippen LogP contribution in [0.3, 0.4) is 0 Å². The second kappa shape index (κ2) is 6.50. The van der Waals surface area contributed by atoms with E-state index in [1.807, 2.05) is 0 Å². The van der Waals surface area contributed by atoms with Gasteiger partial charge in [0.05, 0.1) is 16.7 Å². The van der Waals surface area contributed by atoms with Gasteiger partial charge in [-0.2, -0.15) is 13.2 Å². The Bertz CT molecular complexity index is 664. The summed E-state index contributed by atoms with van der Waals surface area (Å²) in [6.07, 6.45) is -5.10. The lowest BCUT2D eigenvalue weighted by Gasteiger charge is -2.15. The maximum atomic E-state index is 13.5. The topological polar surface area (TPSA) is 45.1 Å². The predicted molar refractivity (Wildman–Crippen MR) is 74.1 cm³/mol. The monoisotopic (exact) mass is 334 g/mol. The molecule has 0 saturated carbocycles. The zero-order chi connectivity index (χ0) is 16.3. The summed E-state index contributed by atoms with van der Waals surface area (Å²) >= 11 is 5.72. The fraction of sp³-hybridized carbons (Fsp3) is 0.214. The third kappa shape index (κ3) is 3.86. The molecule has 0 aliphatic rings. The lowest BCUT2D eigenvalue weighted by atomic mass is 10.1. The summed E-state index contributed by atoms with van der Waals surface area (Å²) in [6, 6.07) is 6.37. The zero-order valence-electron chi connectivity index (χ0n) is 11.0. The SMILES string of the molecule is O[C@H](CNc1ncc(C(F)(F)F)cc1Cl)c1ccccc1F. The summed E-state index contributed by atoms with van der Waals surface area (Å²) in [6.45, 7) is -0.154. The molecule has 8 heteroatoms. The van der Waals surface area contributed by atoms with Crippen molar-refractivity contribution in [3.8, 4) is 0 Å². The first-order valence-corrected chi connectivity index (χ1v) is 6.56. The molecule has 0 saturated heterocycles. The van der Waals surface area contributed by atoms with Gasteiger partial charge in [0.25, 0.3) is 0 Å². The van der Waals surface area contributed by atoms with E-state index in [9.17, 15) is 22.7 Å². The highest BCUT2D eigenvalue weighted by molar-refractivity contribution is 6.32. The van der Waals surface area contributed by atoms with Gasteiger partial charge in [-0.3, -0.25) is 0 Å². The number of hydrogen-bond acceptors (Lipinski definition) is 3. The predicted octanol–water partition coefficient (Wildman–Crippen LogP) is 4.04. The molecule has 0 aliphatic carbocycles. The van der Waals surface area contributed by atoms with Crippen molar-refractivity contribution in [2.45, 2.75) is 12.3 Å². The molecule has 0 radical (unpaired) electrons. The van der Waals surface area contributed by atoms with Crippen LogP contribution in [0.25, 0.3) is 0 Å². The Balaban J connectivity index is 2.07. The van der Waals surface area contributed by atoms with Crippen LogP contribution < -0.4 is 5.32 Å². The molecule has 1 atom stereocenters. The van der Waals surface area contributed by atoms with E-state index in [4.69, 9.17) is 11.6 Å². The molecule has 22 heavy (non-hydrogen) atoms. The van der Waals surface area contributed by atoms with E-state index >= 15 is 0 Å². The summed E-state index contributed by atoms with van der Waals surface area (Å²) in [4.78, 5) is 3.56. The summed E-state index contributed by atoms with van der Waals surface area (Å²) in [7, 11) is 0. The largest absolute Gasteiger partial charge is 0.417 e. The summed E-state index contributed by atoms with van der Waals surface area (Å²) in [5, 5.41) is 12.2. The van der Waals surface area contributed by atoms with Gasteiger partial charge in [-0.1, -0.05) is 29.8 Å². The number of benzene rings is 1. The molecule has 1 aromatic carbocycles. The van der Waals surface area contributed by atoms with E-state index in [0.29, 0.717) is 6.20 Å². The Kier molecular flexibility index (Phi) is 4.87. The third-order valence-electron chi connectivity index (χ3n) is 2.90. The van der Waals surface area contributed by atoms with Crippen molar-refractivity contribution in [3.05, 3.63) is 58.5 Å². The molecule has 118 valence electrons. The fourth-order valence-electron chi connectivity index (χ4n) is 1.77. The lowest BCUT2D eigenvalue weighted by molar-refractivity contribution is -0.137. The van der Waals surface area contributed by atoms with Gasteiger partial charge in [0.15, 0.2) is 0 Å². The van der Waals surface area contributed by atoms with Gasteiger partial charge in [-0.15, -0.1) is 0 Å². The molecule has 3 nitrogen and oxygen atoms in total. The van der Waals surface area contributed by atoms with Crippen LogP contribution in [0.2, 0.25) is 5.02 Å². The molecule has 2 rings (SSSR count). The maximum absolute atomic E-state index is 13.5. The Morgan fingerprint density at radius 3 is 2.55 bits per heavy atom. The maximum Gasteiger partial charge on any atom is 0.417 e. The van der Waals surface area contributed by atoms with E-state index in [0.717, 1.165) is 6.07 Å². The average molecular weight is 335 g/mol. The van der Waals surface area contributed by atoms with E-state index in [1.165, 1.54) is 18.2 Å². The number of aliphatic hydroxyl groups is 1. The van der Waals surface area contributed by atoms with E-state index in [2.05, 4.69) is 10.3 Å². The van der Waals surface area contributed by atoms with Crippen LogP contribution in [0.1, 0.15) is 17.2 Å². The highest BCUT2D eigenvalue weighted by atomic mass is 35.5. The Hall–Kier alpha value is -1.86. The van der Waals surface area contributed by atoms with Crippen molar-refractivity contribution in [3.63, 3.8) is 0 Å². The highest BCUT2D eigenvalue weighted by Gasteiger charge is 2.31. The number of anilines is 1. The molecule has 0 fully saturated rings. The number of halogens is 5. The van der Waals surface area contributed by atoms with Crippen LogP contribution in [-0.2, 0) is 6.18 Å². The number of alkyl halides is 3. The van der Waals surface area contributed by atoms with Gasteiger partial charge in [0.2, 0.25) is 0 Å². The molecular formula is C14H11ClF4N2O. The quantitative estimate of drug-likeness (QED) is 0.830. The van der Waals surface area contributed by atoms with Crippen molar-refractivity contribution in [2.75, 3.05) is 11.9 Å². The Morgan fingerprint density at radius 1 is 1.27 bits per heavy atom. The van der Waals surface area contributed by atoms with E-state index in [-0.39, 0.29) is 22.9 Å². The first-order valence-electron chi connectivity index (χ1n) is 6.18. The zero-order valence-corrected chi connectivity index (χ0v) is 11.8. The molecule has 2 aromatic rings. The number of rotatable bonds is 4. The molecule has 0 amide bonds. The molecule has 0 spiro atoms. The van der Waals surface area contributed by atoms with Crippen molar-refractivity contribution >= 4 is 17.4 Å². The van der Waals surface area contributed by atoms with Gasteiger partial charge in [-0.05, 0) is 12.1 Å². The second-order valence-corrected chi connectivity index (χ2v) is 4.88. The van der Waals surface area contributed by atoms with Crippen molar-refractivity contribution < 1.29 is 22.7 Å². The standard InChI is InChI=1S/C14H11ClF4N2O/c15-10-5-8(14(17,18)19)6-20-13(10)21-7-12(22)9-3-1-2-4-11(9)16/h1-6,12,22H,7H2,(H,20,21)/t12-/m1/s1. The van der Waals surface area contributed by atoms with Gasteiger partial charge < -0.3 is 10.4 Å². The third-order valence-corrected chi connectivity index (χ3v) is 3.18. The summed E-state index contributed by atoms with van der Waals surface area (Å²) < 4.78 is 50.9. The lowest BCUT2D eigenvalue weighted by Crippen LogP contribution is -2.15. The minimum atomic E-state index is -4.54. The number of aliphatic hydroxyl groups excluding tert-OH is 1. The first kappa shape index (κ1) is 16.5.